The maximum atomic E-state index is 12.6. The van der Waals surface area contributed by atoms with Crippen LogP contribution in [-0.2, 0) is 11.3 Å². The summed E-state index contributed by atoms with van der Waals surface area (Å²) in [5.74, 6) is 0.913. The molecule has 1 saturated heterocycles. The quantitative estimate of drug-likeness (QED) is 0.828. The first kappa shape index (κ1) is 18.4. The molecule has 2 aliphatic rings. The lowest BCUT2D eigenvalue weighted by molar-refractivity contribution is -0.135. The lowest BCUT2D eigenvalue weighted by atomic mass is 9.95. The molecule has 1 aliphatic carbocycles. The maximum Gasteiger partial charge on any atom is 0.239 e. The molecule has 1 heterocycles. The minimum Gasteiger partial charge on any atom is -0.341 e. The molecule has 1 aromatic rings. The maximum absolute atomic E-state index is 12.6. The topological polar surface area (TPSA) is 49.6 Å². The van der Waals surface area contributed by atoms with E-state index in [9.17, 15) is 4.79 Å². The molecule has 4 heteroatoms. The predicted molar refractivity (Wildman–Crippen MR) is 102 cm³/mol. The second kappa shape index (κ2) is 8.33. The van der Waals surface area contributed by atoms with Crippen molar-refractivity contribution in [2.45, 2.75) is 58.2 Å². The van der Waals surface area contributed by atoms with Crippen LogP contribution in [0.3, 0.4) is 0 Å². The van der Waals surface area contributed by atoms with E-state index < -0.39 is 0 Å². The lowest BCUT2D eigenvalue weighted by Crippen LogP contribution is -2.51. The zero-order valence-electron chi connectivity index (χ0n) is 15.7. The van der Waals surface area contributed by atoms with Gasteiger partial charge in [-0.3, -0.25) is 9.69 Å². The van der Waals surface area contributed by atoms with E-state index in [1.165, 1.54) is 24.8 Å². The highest BCUT2D eigenvalue weighted by molar-refractivity contribution is 5.82. The molecule has 0 bridgehead atoms. The van der Waals surface area contributed by atoms with Crippen molar-refractivity contribution in [3.63, 3.8) is 0 Å². The van der Waals surface area contributed by atoms with Gasteiger partial charge in [-0.25, -0.2) is 0 Å². The van der Waals surface area contributed by atoms with Crippen molar-refractivity contribution in [3.05, 3.63) is 35.9 Å². The fraction of sp³-hybridized carbons (Fsp3) is 0.667. The number of piperidine rings is 1. The minimum absolute atomic E-state index is 0.140. The number of carbonyl (C=O) groups excluding carboxylic acids is 1. The minimum atomic E-state index is -0.359. The van der Waals surface area contributed by atoms with Crippen molar-refractivity contribution in [2.75, 3.05) is 19.6 Å². The summed E-state index contributed by atoms with van der Waals surface area (Å²) in [6, 6.07) is 11.1. The molecular weight excluding hydrogens is 310 g/mol. The fourth-order valence-corrected chi connectivity index (χ4v) is 3.84. The zero-order chi connectivity index (χ0) is 17.8. The van der Waals surface area contributed by atoms with Gasteiger partial charge in [0.25, 0.3) is 0 Å². The number of nitrogens with two attached hydrogens (primary N) is 1. The van der Waals surface area contributed by atoms with E-state index in [2.05, 4.69) is 35.2 Å². The van der Waals surface area contributed by atoms with Crippen molar-refractivity contribution in [2.24, 2.45) is 17.6 Å². The Kier molecular flexibility index (Phi) is 6.13. The summed E-state index contributed by atoms with van der Waals surface area (Å²) in [6.07, 6.45) is 4.96. The van der Waals surface area contributed by atoms with Crippen LogP contribution in [0.5, 0.6) is 0 Å². The number of amides is 1. The van der Waals surface area contributed by atoms with Gasteiger partial charge in [-0.2, -0.15) is 0 Å². The van der Waals surface area contributed by atoms with E-state index in [4.69, 9.17) is 5.73 Å². The van der Waals surface area contributed by atoms with Crippen molar-refractivity contribution >= 4 is 5.91 Å². The Bertz CT molecular complexity index is 556. The average molecular weight is 344 g/mol. The normalized spacial score (nSPS) is 22.4. The van der Waals surface area contributed by atoms with Gasteiger partial charge >= 0.3 is 0 Å². The number of hydrogen-bond donors (Lipinski definition) is 1. The Balaban J connectivity index is 1.57. The Morgan fingerprint density at radius 1 is 1.24 bits per heavy atom. The third-order valence-corrected chi connectivity index (χ3v) is 5.62. The molecule has 1 aliphatic heterocycles. The monoisotopic (exact) mass is 343 g/mol. The highest BCUT2D eigenvalue weighted by Crippen LogP contribution is 2.30. The van der Waals surface area contributed by atoms with Gasteiger partial charge in [-0.15, -0.1) is 0 Å². The first-order valence-corrected chi connectivity index (χ1v) is 9.87. The predicted octanol–water partition coefficient (Wildman–Crippen LogP) is 2.87. The number of benzene rings is 1. The van der Waals surface area contributed by atoms with E-state index in [-0.39, 0.29) is 17.9 Å². The largest absolute Gasteiger partial charge is 0.341 e. The van der Waals surface area contributed by atoms with Gasteiger partial charge in [-0.05, 0) is 43.1 Å². The van der Waals surface area contributed by atoms with E-state index in [0.29, 0.717) is 5.92 Å². The summed E-state index contributed by atoms with van der Waals surface area (Å²) >= 11 is 0. The number of likely N-dealkylation sites (tertiary alicyclic amines) is 1. The van der Waals surface area contributed by atoms with Gasteiger partial charge in [0.15, 0.2) is 0 Å². The molecule has 0 radical (unpaired) electrons. The van der Waals surface area contributed by atoms with Crippen LogP contribution in [0.1, 0.15) is 45.1 Å². The fourth-order valence-electron chi connectivity index (χ4n) is 3.84. The summed E-state index contributed by atoms with van der Waals surface area (Å²) in [4.78, 5) is 17.3. The lowest BCUT2D eigenvalue weighted by Gasteiger charge is -2.37. The molecule has 2 N–H and O–H groups in total. The molecule has 25 heavy (non-hydrogen) atoms. The smallest absolute Gasteiger partial charge is 0.239 e. The Labute approximate surface area is 152 Å². The Morgan fingerprint density at radius 2 is 1.96 bits per heavy atom. The molecular formula is C21H33N3O. The molecule has 1 aromatic carbocycles. The van der Waals surface area contributed by atoms with Crippen LogP contribution in [-0.4, -0.2) is 47.4 Å². The molecule has 0 spiro atoms. The van der Waals surface area contributed by atoms with Crippen LogP contribution >= 0.6 is 0 Å². The van der Waals surface area contributed by atoms with Gasteiger partial charge in [0.05, 0.1) is 6.04 Å². The van der Waals surface area contributed by atoms with Gasteiger partial charge in [-0.1, -0.05) is 44.2 Å². The number of rotatable bonds is 7. The third kappa shape index (κ3) is 5.05. The van der Waals surface area contributed by atoms with Crippen molar-refractivity contribution in [3.8, 4) is 0 Å². The molecule has 0 unspecified atom stereocenters. The molecule has 2 atom stereocenters. The number of carbonyl (C=O) groups is 1. The summed E-state index contributed by atoms with van der Waals surface area (Å²) in [7, 11) is 0. The van der Waals surface area contributed by atoms with Gasteiger partial charge in [0.2, 0.25) is 5.91 Å². The molecule has 3 rings (SSSR count). The summed E-state index contributed by atoms with van der Waals surface area (Å²) < 4.78 is 0. The van der Waals surface area contributed by atoms with E-state index in [1.807, 2.05) is 18.7 Å². The van der Waals surface area contributed by atoms with E-state index in [0.717, 1.165) is 38.6 Å². The average Bonchev–Trinajstić information content (AvgIpc) is 3.46. The van der Waals surface area contributed by atoms with Crippen molar-refractivity contribution < 1.29 is 4.79 Å². The molecule has 138 valence electrons. The molecule has 2 fully saturated rings. The zero-order valence-corrected chi connectivity index (χ0v) is 15.7. The summed E-state index contributed by atoms with van der Waals surface area (Å²) in [5, 5.41) is 0. The van der Waals surface area contributed by atoms with Gasteiger partial charge < -0.3 is 10.6 Å². The first-order chi connectivity index (χ1) is 12.0. The highest BCUT2D eigenvalue weighted by Gasteiger charge is 2.33. The van der Waals surface area contributed by atoms with Crippen molar-refractivity contribution in [1.82, 2.24) is 9.80 Å². The van der Waals surface area contributed by atoms with Crippen LogP contribution in [0.25, 0.3) is 0 Å². The SMILES string of the molecule is CC(C)[C@H](N)C(=O)N1CCC[C@H](CN(Cc2ccccc2)C2CC2)C1. The van der Waals surface area contributed by atoms with Crippen LogP contribution < -0.4 is 5.73 Å². The van der Waals surface area contributed by atoms with Gasteiger partial charge in [0, 0.05) is 32.2 Å². The summed E-state index contributed by atoms with van der Waals surface area (Å²) in [6.45, 7) is 7.92. The molecule has 1 amide bonds. The van der Waals surface area contributed by atoms with E-state index in [1.54, 1.807) is 0 Å². The van der Waals surface area contributed by atoms with Crippen LogP contribution in [0.4, 0.5) is 0 Å². The third-order valence-electron chi connectivity index (χ3n) is 5.62. The second-order valence-corrected chi connectivity index (χ2v) is 8.21. The first-order valence-electron chi connectivity index (χ1n) is 9.87. The second-order valence-electron chi connectivity index (χ2n) is 8.21. The van der Waals surface area contributed by atoms with Crippen LogP contribution in [0.15, 0.2) is 30.3 Å². The van der Waals surface area contributed by atoms with E-state index >= 15 is 0 Å². The summed E-state index contributed by atoms with van der Waals surface area (Å²) in [5.41, 5.74) is 7.49. The van der Waals surface area contributed by atoms with Crippen molar-refractivity contribution in [1.29, 1.82) is 0 Å². The number of nitrogens with zero attached hydrogens (tertiary/aromatic N) is 2. The highest BCUT2D eigenvalue weighted by atomic mass is 16.2. The van der Waals surface area contributed by atoms with Crippen LogP contribution in [0.2, 0.25) is 0 Å². The van der Waals surface area contributed by atoms with Gasteiger partial charge in [0.1, 0.15) is 0 Å². The van der Waals surface area contributed by atoms with Crippen LogP contribution in [0, 0.1) is 11.8 Å². The molecule has 1 saturated carbocycles. The molecule has 0 aromatic heterocycles. The standard InChI is InChI=1S/C21H33N3O/c1-16(2)20(22)21(25)23-12-6-9-18(14-23)15-24(19-10-11-19)13-17-7-4-3-5-8-17/h3-5,7-8,16,18-20H,6,9-15,22H2,1-2H3/t18-,20-/m0/s1. The number of hydrogen-bond acceptors (Lipinski definition) is 3. The Hall–Kier alpha value is -1.39. The Morgan fingerprint density at radius 3 is 2.60 bits per heavy atom. The molecule has 4 nitrogen and oxygen atoms in total.